The van der Waals surface area contributed by atoms with Gasteiger partial charge in [0.05, 0.1) is 0 Å². The number of nitrogens with one attached hydrogen (secondary N) is 1. The van der Waals surface area contributed by atoms with Crippen LogP contribution in [0.25, 0.3) is 0 Å². The molecule has 3 heterocycles. The van der Waals surface area contributed by atoms with Gasteiger partial charge < -0.3 is 24.6 Å². The summed E-state index contributed by atoms with van der Waals surface area (Å²) in [6.45, 7) is 6.40. The molecule has 0 bridgehead atoms. The lowest BCUT2D eigenvalue weighted by Crippen LogP contribution is -2.56. The molecule has 0 spiro atoms. The van der Waals surface area contributed by atoms with Gasteiger partial charge in [-0.25, -0.2) is 0 Å². The minimum atomic E-state index is -0.214. The monoisotopic (exact) mass is 384 g/mol. The van der Waals surface area contributed by atoms with Gasteiger partial charge in [0.15, 0.2) is 5.96 Å². The van der Waals surface area contributed by atoms with Crippen LogP contribution >= 0.6 is 11.8 Å². The predicted molar refractivity (Wildman–Crippen MR) is 105 cm³/mol. The fraction of sp³-hybridized carbons (Fsp3) is 0.889. The number of carbonyl (C=O) groups is 1. The van der Waals surface area contributed by atoms with Crippen LogP contribution in [0.1, 0.15) is 25.7 Å². The highest BCUT2D eigenvalue weighted by Crippen LogP contribution is 2.33. The Kier molecular flexibility index (Phi) is 7.05. The number of hydrogen-bond acceptors (Lipinski definition) is 5. The van der Waals surface area contributed by atoms with Gasteiger partial charge in [-0.2, -0.15) is 11.8 Å². The summed E-state index contributed by atoms with van der Waals surface area (Å²) in [6, 6.07) is 0. The quantitative estimate of drug-likeness (QED) is 0.571. The van der Waals surface area contributed by atoms with Crippen molar-refractivity contribution in [3.63, 3.8) is 0 Å². The first-order valence-corrected chi connectivity index (χ1v) is 10.9. The van der Waals surface area contributed by atoms with Crippen molar-refractivity contribution in [1.29, 1.82) is 0 Å². The van der Waals surface area contributed by atoms with Gasteiger partial charge in [0.25, 0.3) is 5.91 Å². The third-order valence-corrected chi connectivity index (χ3v) is 7.13. The fourth-order valence-corrected chi connectivity index (χ4v) is 4.68. The van der Waals surface area contributed by atoms with Crippen molar-refractivity contribution in [3.05, 3.63) is 0 Å². The zero-order valence-electron chi connectivity index (χ0n) is 16.0. The minimum Gasteiger partial charge on any atom is -0.381 e. The molecule has 0 radical (unpaired) electrons. The standard InChI is InChI=1S/C18H32N4O3S/c1-19-17(20-14-18(26-2)5-12-24-13-6-18)22-9-7-21(8-10-22)16(23)15-4-3-11-25-15/h15H,3-14H2,1-2H3,(H,19,20). The summed E-state index contributed by atoms with van der Waals surface area (Å²) in [4.78, 5) is 21.2. The molecule has 3 aliphatic rings. The van der Waals surface area contributed by atoms with E-state index in [-0.39, 0.29) is 16.8 Å². The summed E-state index contributed by atoms with van der Waals surface area (Å²) < 4.78 is 11.3. The lowest BCUT2D eigenvalue weighted by molar-refractivity contribution is -0.142. The van der Waals surface area contributed by atoms with Gasteiger partial charge in [0, 0.05) is 64.3 Å². The van der Waals surface area contributed by atoms with Gasteiger partial charge in [0.1, 0.15) is 6.10 Å². The Labute approximate surface area is 160 Å². The smallest absolute Gasteiger partial charge is 0.251 e. The van der Waals surface area contributed by atoms with E-state index >= 15 is 0 Å². The molecule has 0 aromatic rings. The van der Waals surface area contributed by atoms with Crippen LogP contribution in [-0.4, -0.2) is 98.4 Å². The summed E-state index contributed by atoms with van der Waals surface area (Å²) in [5.41, 5.74) is 0. The Morgan fingerprint density at radius 1 is 1.19 bits per heavy atom. The molecule has 0 aromatic carbocycles. The van der Waals surface area contributed by atoms with Crippen LogP contribution in [0.2, 0.25) is 0 Å². The second-order valence-electron chi connectivity index (χ2n) is 7.21. The first-order valence-electron chi connectivity index (χ1n) is 9.66. The largest absolute Gasteiger partial charge is 0.381 e. The third-order valence-electron chi connectivity index (χ3n) is 5.71. The molecule has 3 saturated heterocycles. The maximum Gasteiger partial charge on any atom is 0.251 e. The van der Waals surface area contributed by atoms with E-state index in [0.29, 0.717) is 0 Å². The fourth-order valence-electron chi connectivity index (χ4n) is 3.88. The van der Waals surface area contributed by atoms with Crippen LogP contribution in [-0.2, 0) is 14.3 Å². The average molecular weight is 385 g/mol. The van der Waals surface area contributed by atoms with Crippen LogP contribution in [0.15, 0.2) is 4.99 Å². The molecule has 1 amide bonds. The van der Waals surface area contributed by atoms with E-state index in [9.17, 15) is 4.79 Å². The first kappa shape index (κ1) is 19.8. The summed E-state index contributed by atoms with van der Waals surface area (Å²) in [6.07, 6.45) is 5.97. The Bertz CT molecular complexity index is 497. The van der Waals surface area contributed by atoms with Crippen LogP contribution in [0.5, 0.6) is 0 Å². The van der Waals surface area contributed by atoms with Gasteiger partial charge in [-0.05, 0) is 31.9 Å². The van der Waals surface area contributed by atoms with Crippen molar-refractivity contribution < 1.29 is 14.3 Å². The van der Waals surface area contributed by atoms with Gasteiger partial charge in [-0.3, -0.25) is 9.79 Å². The normalized spacial score (nSPS) is 26.8. The maximum atomic E-state index is 12.5. The van der Waals surface area contributed by atoms with Gasteiger partial charge in [-0.1, -0.05) is 0 Å². The summed E-state index contributed by atoms with van der Waals surface area (Å²) >= 11 is 1.93. The number of piperazine rings is 1. The van der Waals surface area contributed by atoms with E-state index in [4.69, 9.17) is 9.47 Å². The van der Waals surface area contributed by atoms with Crippen molar-refractivity contribution in [1.82, 2.24) is 15.1 Å². The zero-order chi connectivity index (χ0) is 18.4. The Morgan fingerprint density at radius 2 is 1.88 bits per heavy atom. The highest BCUT2D eigenvalue weighted by atomic mass is 32.2. The van der Waals surface area contributed by atoms with E-state index in [0.717, 1.165) is 84.2 Å². The van der Waals surface area contributed by atoms with E-state index in [1.165, 1.54) is 0 Å². The number of amides is 1. The Morgan fingerprint density at radius 3 is 2.46 bits per heavy atom. The molecule has 1 N–H and O–H groups in total. The molecule has 148 valence electrons. The number of nitrogens with zero attached hydrogens (tertiary/aromatic N) is 3. The SMILES string of the molecule is CN=C(NCC1(SC)CCOCC1)N1CCN(C(=O)C2CCCO2)CC1. The van der Waals surface area contributed by atoms with Crippen molar-refractivity contribution >= 4 is 23.6 Å². The molecule has 26 heavy (non-hydrogen) atoms. The minimum absolute atomic E-state index is 0.161. The number of hydrogen-bond donors (Lipinski definition) is 1. The van der Waals surface area contributed by atoms with E-state index in [1.807, 2.05) is 23.7 Å². The maximum absolute atomic E-state index is 12.5. The zero-order valence-corrected chi connectivity index (χ0v) is 16.9. The highest BCUT2D eigenvalue weighted by Gasteiger charge is 2.34. The molecule has 3 rings (SSSR count). The predicted octanol–water partition coefficient (Wildman–Crippen LogP) is 0.797. The number of ether oxygens (including phenoxy) is 2. The number of aliphatic imine (C=N–C) groups is 1. The van der Waals surface area contributed by atoms with Gasteiger partial charge in [0.2, 0.25) is 0 Å². The lowest BCUT2D eigenvalue weighted by Gasteiger charge is -2.40. The molecule has 3 fully saturated rings. The highest BCUT2D eigenvalue weighted by molar-refractivity contribution is 8.00. The van der Waals surface area contributed by atoms with Crippen LogP contribution in [0.4, 0.5) is 0 Å². The average Bonchev–Trinajstić information content (AvgIpc) is 3.24. The molecule has 0 saturated carbocycles. The second-order valence-corrected chi connectivity index (χ2v) is 8.49. The molecule has 0 aliphatic carbocycles. The van der Waals surface area contributed by atoms with Crippen LogP contribution in [0.3, 0.4) is 0 Å². The van der Waals surface area contributed by atoms with Crippen LogP contribution in [0, 0.1) is 0 Å². The van der Waals surface area contributed by atoms with E-state index in [1.54, 1.807) is 0 Å². The molecular formula is C18H32N4O3S. The topological polar surface area (TPSA) is 66.4 Å². The van der Waals surface area contributed by atoms with Crippen molar-refractivity contribution in [2.45, 2.75) is 36.5 Å². The number of rotatable bonds is 4. The molecule has 1 unspecified atom stereocenters. The van der Waals surface area contributed by atoms with E-state index < -0.39 is 0 Å². The molecule has 7 nitrogen and oxygen atoms in total. The molecule has 0 aromatic heterocycles. The summed E-state index contributed by atoms with van der Waals surface area (Å²) in [5, 5.41) is 3.57. The third kappa shape index (κ3) is 4.64. The number of guanidine groups is 1. The van der Waals surface area contributed by atoms with Crippen molar-refractivity contribution in [3.8, 4) is 0 Å². The van der Waals surface area contributed by atoms with Crippen molar-refractivity contribution in [2.24, 2.45) is 4.99 Å². The summed E-state index contributed by atoms with van der Waals surface area (Å²) in [7, 11) is 1.84. The van der Waals surface area contributed by atoms with Crippen LogP contribution < -0.4 is 5.32 Å². The molecule has 1 atom stereocenters. The molecule has 8 heteroatoms. The first-order chi connectivity index (χ1) is 12.7. The molecule has 3 aliphatic heterocycles. The molecular weight excluding hydrogens is 352 g/mol. The lowest BCUT2D eigenvalue weighted by atomic mass is 9.99. The summed E-state index contributed by atoms with van der Waals surface area (Å²) in [5.74, 6) is 1.10. The van der Waals surface area contributed by atoms with E-state index in [2.05, 4.69) is 21.5 Å². The Hall–Kier alpha value is -0.990. The van der Waals surface area contributed by atoms with Crippen molar-refractivity contribution in [2.75, 3.05) is 65.8 Å². The second kappa shape index (κ2) is 9.28. The number of thioether (sulfide) groups is 1. The van der Waals surface area contributed by atoms with Gasteiger partial charge in [-0.15, -0.1) is 0 Å². The Balaban J connectivity index is 1.48. The van der Waals surface area contributed by atoms with Gasteiger partial charge >= 0.3 is 0 Å². The number of carbonyl (C=O) groups excluding carboxylic acids is 1.